The zero-order valence-electron chi connectivity index (χ0n) is 18.0. The standard InChI is InChI=1S/C23H26N2O7/c1-21(14-29-17(27)15-8-4-3-5-9-15)18-22(2,32-23(30-18)11-6-7-12-23)19(31-21)25-13-10-16(26)24-20(25)28/h3-5,8-10,13,18-19H,6-7,11-12,14H2,1-2H3,(H,24,26,28)/t18-,19-,21-,22-/m1/s1. The maximum absolute atomic E-state index is 12.6. The predicted molar refractivity (Wildman–Crippen MR) is 112 cm³/mol. The largest absolute Gasteiger partial charge is 0.459 e. The highest BCUT2D eigenvalue weighted by atomic mass is 16.8. The van der Waals surface area contributed by atoms with Gasteiger partial charge in [-0.3, -0.25) is 14.3 Å². The lowest BCUT2D eigenvalue weighted by atomic mass is 9.89. The minimum absolute atomic E-state index is 0.0883. The zero-order valence-corrected chi connectivity index (χ0v) is 18.0. The second kappa shape index (κ2) is 7.40. The van der Waals surface area contributed by atoms with E-state index in [0.717, 1.165) is 25.7 Å². The van der Waals surface area contributed by atoms with E-state index in [0.29, 0.717) is 5.56 Å². The molecule has 3 fully saturated rings. The van der Waals surface area contributed by atoms with Gasteiger partial charge in [0.2, 0.25) is 0 Å². The molecule has 1 saturated carbocycles. The van der Waals surface area contributed by atoms with Gasteiger partial charge in [0.25, 0.3) is 5.56 Å². The Kier molecular flexibility index (Phi) is 4.88. The van der Waals surface area contributed by atoms with Crippen LogP contribution in [0.15, 0.2) is 52.2 Å². The van der Waals surface area contributed by atoms with Gasteiger partial charge in [0, 0.05) is 25.1 Å². The van der Waals surface area contributed by atoms with Crippen molar-refractivity contribution in [3.63, 3.8) is 0 Å². The van der Waals surface area contributed by atoms with E-state index in [2.05, 4.69) is 4.98 Å². The van der Waals surface area contributed by atoms with Crippen molar-refractivity contribution in [1.29, 1.82) is 0 Å². The number of rotatable bonds is 4. The molecule has 0 amide bonds. The Hall–Kier alpha value is -2.75. The average molecular weight is 442 g/mol. The van der Waals surface area contributed by atoms with Crippen LogP contribution in [0.4, 0.5) is 0 Å². The molecule has 3 aliphatic rings. The van der Waals surface area contributed by atoms with E-state index in [1.54, 1.807) is 31.2 Å². The first-order valence-corrected chi connectivity index (χ1v) is 10.8. The summed E-state index contributed by atoms with van der Waals surface area (Å²) in [6.45, 7) is 3.55. The third-order valence-corrected chi connectivity index (χ3v) is 6.65. The highest BCUT2D eigenvalue weighted by Gasteiger charge is 2.71. The second-order valence-corrected chi connectivity index (χ2v) is 9.14. The molecule has 5 rings (SSSR count). The lowest BCUT2D eigenvalue weighted by Crippen LogP contribution is -2.49. The number of esters is 1. The molecule has 0 unspecified atom stereocenters. The Balaban J connectivity index is 1.48. The number of benzene rings is 1. The molecule has 0 bridgehead atoms. The van der Waals surface area contributed by atoms with E-state index in [9.17, 15) is 14.4 Å². The van der Waals surface area contributed by atoms with E-state index in [1.165, 1.54) is 16.8 Å². The Morgan fingerprint density at radius 2 is 1.84 bits per heavy atom. The third kappa shape index (κ3) is 3.32. The fourth-order valence-corrected chi connectivity index (χ4v) is 5.21. The van der Waals surface area contributed by atoms with Crippen LogP contribution in [-0.2, 0) is 18.9 Å². The maximum Gasteiger partial charge on any atom is 0.338 e. The van der Waals surface area contributed by atoms with Crippen LogP contribution >= 0.6 is 0 Å². The predicted octanol–water partition coefficient (Wildman–Crippen LogP) is 2.13. The number of hydrogen-bond acceptors (Lipinski definition) is 7. The molecule has 1 aliphatic carbocycles. The molecule has 9 heteroatoms. The molecule has 4 atom stereocenters. The summed E-state index contributed by atoms with van der Waals surface area (Å²) in [6, 6.07) is 9.96. The highest BCUT2D eigenvalue weighted by Crippen LogP contribution is 2.58. The topological polar surface area (TPSA) is 109 Å². The molecule has 9 nitrogen and oxygen atoms in total. The van der Waals surface area contributed by atoms with Gasteiger partial charge in [0.1, 0.15) is 23.9 Å². The quantitative estimate of drug-likeness (QED) is 0.723. The molecule has 1 N–H and O–H groups in total. The van der Waals surface area contributed by atoms with Gasteiger partial charge in [-0.1, -0.05) is 18.2 Å². The van der Waals surface area contributed by atoms with Crippen molar-refractivity contribution in [3.05, 3.63) is 69.0 Å². The lowest BCUT2D eigenvalue weighted by Gasteiger charge is -2.33. The number of nitrogens with zero attached hydrogens (tertiary/aromatic N) is 1. The summed E-state index contributed by atoms with van der Waals surface area (Å²) in [6.07, 6.45) is 3.36. The van der Waals surface area contributed by atoms with Crippen molar-refractivity contribution in [2.24, 2.45) is 0 Å². The van der Waals surface area contributed by atoms with Crippen molar-refractivity contribution in [3.8, 4) is 0 Å². The first kappa shape index (κ1) is 21.1. The molecular formula is C23H26N2O7. The third-order valence-electron chi connectivity index (χ3n) is 6.65. The molecule has 170 valence electrons. The Morgan fingerprint density at radius 3 is 2.53 bits per heavy atom. The second-order valence-electron chi connectivity index (χ2n) is 9.14. The summed E-state index contributed by atoms with van der Waals surface area (Å²) >= 11 is 0. The number of carbonyl (C=O) groups is 1. The number of fused-ring (bicyclic) bond motifs is 1. The van der Waals surface area contributed by atoms with Gasteiger partial charge in [-0.2, -0.15) is 0 Å². The first-order valence-electron chi connectivity index (χ1n) is 10.8. The van der Waals surface area contributed by atoms with Gasteiger partial charge in [-0.25, -0.2) is 9.59 Å². The smallest absolute Gasteiger partial charge is 0.338 e. The van der Waals surface area contributed by atoms with Crippen molar-refractivity contribution in [2.75, 3.05) is 6.61 Å². The SMILES string of the molecule is C[C@@]12OC3(CCCC3)O[C@@H]1[C@@](C)(COC(=O)c1ccccc1)O[C@H]2n1ccc(=O)[nH]c1=O. The fourth-order valence-electron chi connectivity index (χ4n) is 5.21. The summed E-state index contributed by atoms with van der Waals surface area (Å²) < 4.78 is 26.2. The molecule has 2 aliphatic heterocycles. The number of nitrogens with one attached hydrogen (secondary N) is 1. The Labute approximate surface area is 184 Å². The first-order chi connectivity index (χ1) is 15.2. The van der Waals surface area contributed by atoms with E-state index >= 15 is 0 Å². The monoisotopic (exact) mass is 442 g/mol. The molecule has 2 aromatic rings. The minimum atomic E-state index is -1.08. The number of aromatic amines is 1. The number of carbonyl (C=O) groups excluding carboxylic acids is 1. The van der Waals surface area contributed by atoms with Crippen LogP contribution in [0.2, 0.25) is 0 Å². The van der Waals surface area contributed by atoms with Crippen molar-refractivity contribution in [2.45, 2.75) is 68.9 Å². The lowest BCUT2D eigenvalue weighted by molar-refractivity contribution is -0.248. The highest BCUT2D eigenvalue weighted by molar-refractivity contribution is 5.89. The molecule has 3 heterocycles. The van der Waals surface area contributed by atoms with Crippen LogP contribution in [0.5, 0.6) is 0 Å². The van der Waals surface area contributed by atoms with Gasteiger partial charge in [0.15, 0.2) is 12.0 Å². The van der Waals surface area contributed by atoms with Crippen LogP contribution in [0.1, 0.15) is 56.1 Å². The summed E-state index contributed by atoms with van der Waals surface area (Å²) in [5.74, 6) is -1.23. The van der Waals surface area contributed by atoms with E-state index in [-0.39, 0.29) is 6.61 Å². The zero-order chi connectivity index (χ0) is 22.6. The fraction of sp³-hybridized carbons (Fsp3) is 0.522. The van der Waals surface area contributed by atoms with Gasteiger partial charge in [-0.15, -0.1) is 0 Å². The maximum atomic E-state index is 12.6. The van der Waals surface area contributed by atoms with Crippen LogP contribution in [0, 0.1) is 0 Å². The number of aromatic nitrogens is 2. The van der Waals surface area contributed by atoms with Gasteiger partial charge in [0.05, 0.1) is 5.56 Å². The van der Waals surface area contributed by atoms with Crippen LogP contribution in [0.25, 0.3) is 0 Å². The van der Waals surface area contributed by atoms with Crippen LogP contribution in [0.3, 0.4) is 0 Å². The molecule has 32 heavy (non-hydrogen) atoms. The molecule has 2 saturated heterocycles. The summed E-state index contributed by atoms with van der Waals surface area (Å²) in [7, 11) is 0. The normalized spacial score (nSPS) is 32.8. The number of H-pyrrole nitrogens is 1. The summed E-state index contributed by atoms with van der Waals surface area (Å²) in [4.78, 5) is 39.0. The van der Waals surface area contributed by atoms with Gasteiger partial charge < -0.3 is 18.9 Å². The average Bonchev–Trinajstić information content (AvgIpc) is 3.41. The molecule has 1 aromatic heterocycles. The van der Waals surface area contributed by atoms with E-state index in [1.807, 2.05) is 13.0 Å². The van der Waals surface area contributed by atoms with E-state index < -0.39 is 46.5 Å². The van der Waals surface area contributed by atoms with E-state index in [4.69, 9.17) is 18.9 Å². The summed E-state index contributed by atoms with van der Waals surface area (Å²) in [5, 5.41) is 0. The Bertz CT molecular complexity index is 1140. The van der Waals surface area contributed by atoms with Gasteiger partial charge >= 0.3 is 11.7 Å². The Morgan fingerprint density at radius 1 is 1.12 bits per heavy atom. The number of hydrogen-bond donors (Lipinski definition) is 1. The minimum Gasteiger partial charge on any atom is -0.459 e. The molecular weight excluding hydrogens is 416 g/mol. The van der Waals surface area contributed by atoms with Crippen LogP contribution < -0.4 is 11.2 Å². The molecule has 1 spiro atoms. The van der Waals surface area contributed by atoms with Crippen LogP contribution in [-0.4, -0.2) is 45.2 Å². The summed E-state index contributed by atoms with van der Waals surface area (Å²) in [5.41, 5.74) is -2.78. The van der Waals surface area contributed by atoms with Crippen molar-refractivity contribution < 1.29 is 23.7 Å². The molecule has 1 aromatic carbocycles. The van der Waals surface area contributed by atoms with Gasteiger partial charge in [-0.05, 0) is 38.8 Å². The van der Waals surface area contributed by atoms with Crippen molar-refractivity contribution in [1.82, 2.24) is 9.55 Å². The number of ether oxygens (including phenoxy) is 4. The van der Waals surface area contributed by atoms with Crippen molar-refractivity contribution >= 4 is 5.97 Å². The molecule has 0 radical (unpaired) electrons.